The number of non-ortho nitro benzene ring substituents is 1. The Kier molecular flexibility index (Phi) is 4.85. The first-order chi connectivity index (χ1) is 14.4. The zero-order valence-electron chi connectivity index (χ0n) is 15.8. The van der Waals surface area contributed by atoms with Crippen molar-refractivity contribution in [3.63, 3.8) is 0 Å². The van der Waals surface area contributed by atoms with E-state index in [9.17, 15) is 19.7 Å². The minimum Gasteiger partial charge on any atom is -0.452 e. The third-order valence-electron chi connectivity index (χ3n) is 4.52. The van der Waals surface area contributed by atoms with Crippen LogP contribution in [0, 0.1) is 17.0 Å². The van der Waals surface area contributed by atoms with E-state index in [2.05, 4.69) is 0 Å². The lowest BCUT2D eigenvalue weighted by Gasteiger charge is -2.05. The van der Waals surface area contributed by atoms with Gasteiger partial charge in [-0.2, -0.15) is 0 Å². The van der Waals surface area contributed by atoms with Gasteiger partial charge in [-0.25, -0.2) is 4.79 Å². The Morgan fingerprint density at radius 2 is 1.83 bits per heavy atom. The lowest BCUT2D eigenvalue weighted by molar-refractivity contribution is -0.384. The Hall–Kier alpha value is -4.26. The van der Waals surface area contributed by atoms with Gasteiger partial charge in [0.15, 0.2) is 5.76 Å². The third kappa shape index (κ3) is 3.81. The van der Waals surface area contributed by atoms with Gasteiger partial charge in [-0.15, -0.1) is 0 Å². The molecule has 0 aliphatic carbocycles. The first-order valence-corrected chi connectivity index (χ1v) is 9.02. The summed E-state index contributed by atoms with van der Waals surface area (Å²) in [6, 6.07) is 17.3. The zero-order valence-corrected chi connectivity index (χ0v) is 15.8. The number of rotatable bonds is 4. The Morgan fingerprint density at radius 1 is 1.07 bits per heavy atom. The van der Waals surface area contributed by atoms with Crippen LogP contribution in [-0.2, 0) is 0 Å². The van der Waals surface area contributed by atoms with Gasteiger partial charge in [0.2, 0.25) is 5.78 Å². The highest BCUT2D eigenvalue weighted by Gasteiger charge is 2.28. The molecule has 3 aromatic carbocycles. The molecule has 0 N–H and O–H groups in total. The first kappa shape index (κ1) is 19.1. The molecule has 0 amide bonds. The van der Waals surface area contributed by atoms with E-state index >= 15 is 0 Å². The molecule has 7 heteroatoms. The number of aryl methyl sites for hydroxylation is 1. The number of ether oxygens (including phenoxy) is 2. The smallest absolute Gasteiger partial charge is 0.343 e. The van der Waals surface area contributed by atoms with Gasteiger partial charge in [-0.1, -0.05) is 35.9 Å². The summed E-state index contributed by atoms with van der Waals surface area (Å²) in [5.74, 6) is -0.395. The maximum Gasteiger partial charge on any atom is 0.343 e. The molecule has 1 heterocycles. The van der Waals surface area contributed by atoms with E-state index in [0.29, 0.717) is 5.56 Å². The zero-order chi connectivity index (χ0) is 21.3. The van der Waals surface area contributed by atoms with Crippen LogP contribution in [0.2, 0.25) is 0 Å². The number of ketones is 1. The third-order valence-corrected chi connectivity index (χ3v) is 4.52. The molecule has 0 atom stereocenters. The molecule has 0 spiro atoms. The first-order valence-electron chi connectivity index (χ1n) is 9.02. The van der Waals surface area contributed by atoms with Crippen molar-refractivity contribution >= 4 is 23.5 Å². The predicted molar refractivity (Wildman–Crippen MR) is 109 cm³/mol. The highest BCUT2D eigenvalue weighted by Crippen LogP contribution is 2.35. The Labute approximate surface area is 171 Å². The fraction of sp³-hybridized carbons (Fsp3) is 0.0435. The van der Waals surface area contributed by atoms with Crippen molar-refractivity contribution in [2.75, 3.05) is 0 Å². The molecule has 0 unspecified atom stereocenters. The largest absolute Gasteiger partial charge is 0.452 e. The van der Waals surface area contributed by atoms with Crippen LogP contribution in [0.15, 0.2) is 72.5 Å². The van der Waals surface area contributed by atoms with E-state index in [0.717, 1.165) is 17.2 Å². The molecular formula is C23H15NO6. The molecule has 148 valence electrons. The van der Waals surface area contributed by atoms with Crippen LogP contribution in [0.1, 0.15) is 31.8 Å². The number of nitro groups is 1. The topological polar surface area (TPSA) is 95.7 Å². The number of esters is 1. The molecule has 1 aliphatic rings. The number of hydrogen-bond donors (Lipinski definition) is 0. The predicted octanol–water partition coefficient (Wildman–Crippen LogP) is 4.74. The van der Waals surface area contributed by atoms with E-state index in [1.165, 1.54) is 36.4 Å². The van der Waals surface area contributed by atoms with Crippen molar-refractivity contribution in [1.82, 2.24) is 0 Å². The summed E-state index contributed by atoms with van der Waals surface area (Å²) in [6.07, 6.45) is 1.65. The van der Waals surface area contributed by atoms with Crippen molar-refractivity contribution in [2.24, 2.45) is 0 Å². The summed E-state index contributed by atoms with van der Waals surface area (Å²) < 4.78 is 11.0. The Morgan fingerprint density at radius 3 is 2.57 bits per heavy atom. The van der Waals surface area contributed by atoms with Crippen molar-refractivity contribution in [1.29, 1.82) is 0 Å². The van der Waals surface area contributed by atoms with Crippen LogP contribution in [-0.4, -0.2) is 16.7 Å². The van der Waals surface area contributed by atoms with Crippen LogP contribution >= 0.6 is 0 Å². The number of carbonyl (C=O) groups excluding carboxylic acids is 2. The monoisotopic (exact) mass is 401 g/mol. The fourth-order valence-electron chi connectivity index (χ4n) is 2.96. The average Bonchev–Trinajstić information content (AvgIpc) is 3.04. The highest BCUT2D eigenvalue weighted by atomic mass is 16.6. The molecule has 0 saturated heterocycles. The van der Waals surface area contributed by atoms with Gasteiger partial charge in [0.05, 0.1) is 16.1 Å². The van der Waals surface area contributed by atoms with Gasteiger partial charge < -0.3 is 9.47 Å². The number of nitro benzene ring substituents is 1. The molecule has 0 bridgehead atoms. The standard InChI is InChI=1S/C23H15NO6/c1-14-5-7-15(8-6-14)11-21-22(25)19-10-9-18(13-20(19)30-21)29-23(26)16-3-2-4-17(12-16)24(27)28/h2-13H,1H3/b21-11-. The molecule has 7 nitrogen and oxygen atoms in total. The van der Waals surface area contributed by atoms with E-state index in [-0.39, 0.29) is 34.3 Å². The molecule has 0 radical (unpaired) electrons. The highest BCUT2D eigenvalue weighted by molar-refractivity contribution is 6.14. The number of nitrogens with zero attached hydrogens (tertiary/aromatic N) is 1. The van der Waals surface area contributed by atoms with Gasteiger partial charge in [-0.3, -0.25) is 14.9 Å². The van der Waals surface area contributed by atoms with Crippen molar-refractivity contribution in [2.45, 2.75) is 6.92 Å². The Bertz CT molecular complexity index is 1210. The molecule has 1 aliphatic heterocycles. The minimum atomic E-state index is -0.751. The van der Waals surface area contributed by atoms with Crippen LogP contribution in [0.5, 0.6) is 11.5 Å². The SMILES string of the molecule is Cc1ccc(/C=C2\Oc3cc(OC(=O)c4cccc([N+](=O)[O-])c4)ccc3C2=O)cc1. The van der Waals surface area contributed by atoms with Crippen molar-refractivity contribution < 1.29 is 24.0 Å². The van der Waals surface area contributed by atoms with E-state index in [4.69, 9.17) is 9.47 Å². The number of Topliss-reactive ketones (excluding diaryl/α,β-unsaturated/α-hetero) is 1. The summed E-state index contributed by atoms with van der Waals surface area (Å²) in [5, 5.41) is 10.9. The summed E-state index contributed by atoms with van der Waals surface area (Å²) in [5.41, 5.74) is 2.13. The number of benzene rings is 3. The van der Waals surface area contributed by atoms with Gasteiger partial charge in [0.1, 0.15) is 11.5 Å². The number of hydrogen-bond acceptors (Lipinski definition) is 6. The lowest BCUT2D eigenvalue weighted by atomic mass is 10.1. The number of carbonyl (C=O) groups is 2. The van der Waals surface area contributed by atoms with E-state index in [1.54, 1.807) is 6.08 Å². The quantitative estimate of drug-likeness (QED) is 0.206. The van der Waals surface area contributed by atoms with Crippen LogP contribution in [0.3, 0.4) is 0 Å². The van der Waals surface area contributed by atoms with Gasteiger partial charge in [-0.05, 0) is 36.8 Å². The second-order valence-corrected chi connectivity index (χ2v) is 6.71. The molecule has 3 aromatic rings. The Balaban J connectivity index is 1.54. The lowest BCUT2D eigenvalue weighted by Crippen LogP contribution is -2.08. The van der Waals surface area contributed by atoms with E-state index in [1.807, 2.05) is 31.2 Å². The minimum absolute atomic E-state index is 0.0432. The van der Waals surface area contributed by atoms with Crippen LogP contribution < -0.4 is 9.47 Å². The summed E-state index contributed by atoms with van der Waals surface area (Å²) >= 11 is 0. The molecular weight excluding hydrogens is 386 g/mol. The maximum atomic E-state index is 12.6. The number of fused-ring (bicyclic) bond motifs is 1. The van der Waals surface area contributed by atoms with Crippen LogP contribution in [0.4, 0.5) is 5.69 Å². The normalized spacial score (nSPS) is 13.6. The van der Waals surface area contributed by atoms with E-state index < -0.39 is 10.9 Å². The van der Waals surface area contributed by atoms with Crippen LogP contribution in [0.25, 0.3) is 6.08 Å². The summed E-state index contributed by atoms with van der Waals surface area (Å²) in [7, 11) is 0. The average molecular weight is 401 g/mol. The molecule has 30 heavy (non-hydrogen) atoms. The van der Waals surface area contributed by atoms with Gasteiger partial charge in [0.25, 0.3) is 5.69 Å². The maximum absolute atomic E-state index is 12.6. The van der Waals surface area contributed by atoms with Crippen molar-refractivity contribution in [3.8, 4) is 11.5 Å². The molecule has 0 fully saturated rings. The molecule has 4 rings (SSSR count). The number of allylic oxidation sites excluding steroid dienone is 1. The van der Waals surface area contributed by atoms with Crippen molar-refractivity contribution in [3.05, 3.63) is 105 Å². The van der Waals surface area contributed by atoms with Gasteiger partial charge >= 0.3 is 5.97 Å². The second-order valence-electron chi connectivity index (χ2n) is 6.71. The second kappa shape index (κ2) is 7.63. The molecule has 0 saturated carbocycles. The summed E-state index contributed by atoms with van der Waals surface area (Å²) in [6.45, 7) is 1.97. The summed E-state index contributed by atoms with van der Waals surface area (Å²) in [4.78, 5) is 35.2. The molecule has 0 aromatic heterocycles. The van der Waals surface area contributed by atoms with Gasteiger partial charge in [0, 0.05) is 18.2 Å². The fourth-order valence-corrected chi connectivity index (χ4v) is 2.96.